The zero-order valence-electron chi connectivity index (χ0n) is 10.5. The average Bonchev–Trinajstić information content (AvgIpc) is 2.38. The summed E-state index contributed by atoms with van der Waals surface area (Å²) in [6.07, 6.45) is 2.72. The molecule has 5 nitrogen and oxygen atoms in total. The summed E-state index contributed by atoms with van der Waals surface area (Å²) in [5.74, 6) is -0.144. The molecule has 1 aliphatic rings. The van der Waals surface area contributed by atoms with E-state index in [-0.39, 0.29) is 11.7 Å². The SMILES string of the molecule is C=CC(=O)Nc1cccc(N2CCCCS2(=O)=O)c1. The highest BCUT2D eigenvalue weighted by Gasteiger charge is 2.25. The van der Waals surface area contributed by atoms with Crippen LogP contribution in [0.4, 0.5) is 11.4 Å². The molecule has 0 aromatic heterocycles. The number of nitrogens with zero attached hydrogens (tertiary/aromatic N) is 1. The van der Waals surface area contributed by atoms with E-state index in [9.17, 15) is 13.2 Å². The smallest absolute Gasteiger partial charge is 0.247 e. The highest BCUT2D eigenvalue weighted by Crippen LogP contribution is 2.25. The standard InChI is InChI=1S/C13H16N2O3S/c1-2-13(16)14-11-6-5-7-12(10-11)15-8-3-4-9-19(15,17)18/h2,5-7,10H,1,3-4,8-9H2,(H,14,16). The van der Waals surface area contributed by atoms with Crippen molar-refractivity contribution in [3.05, 3.63) is 36.9 Å². The van der Waals surface area contributed by atoms with E-state index in [2.05, 4.69) is 11.9 Å². The number of hydrogen-bond donors (Lipinski definition) is 1. The van der Waals surface area contributed by atoms with Gasteiger partial charge in [-0.05, 0) is 37.1 Å². The average molecular weight is 280 g/mol. The molecule has 0 saturated carbocycles. The molecule has 1 aliphatic heterocycles. The molecule has 1 aromatic carbocycles. The Kier molecular flexibility index (Phi) is 3.90. The molecular formula is C13H16N2O3S. The van der Waals surface area contributed by atoms with Crippen LogP contribution >= 0.6 is 0 Å². The number of nitrogens with one attached hydrogen (secondary N) is 1. The van der Waals surface area contributed by atoms with Gasteiger partial charge in [0.25, 0.3) is 0 Å². The van der Waals surface area contributed by atoms with Gasteiger partial charge in [0.2, 0.25) is 15.9 Å². The molecule has 0 spiro atoms. The van der Waals surface area contributed by atoms with Gasteiger partial charge >= 0.3 is 0 Å². The molecule has 102 valence electrons. The minimum Gasteiger partial charge on any atom is -0.322 e. The summed E-state index contributed by atoms with van der Waals surface area (Å²) in [5, 5.41) is 2.62. The van der Waals surface area contributed by atoms with Gasteiger partial charge in [0.15, 0.2) is 0 Å². The summed E-state index contributed by atoms with van der Waals surface area (Å²) in [5.41, 5.74) is 1.14. The fourth-order valence-corrected chi connectivity index (χ4v) is 3.64. The first-order valence-electron chi connectivity index (χ1n) is 6.07. The molecule has 1 N–H and O–H groups in total. The zero-order valence-corrected chi connectivity index (χ0v) is 11.3. The molecule has 1 fully saturated rings. The van der Waals surface area contributed by atoms with Crippen LogP contribution in [0.5, 0.6) is 0 Å². The Bertz CT molecular complexity index is 596. The molecule has 0 radical (unpaired) electrons. The van der Waals surface area contributed by atoms with Crippen molar-refractivity contribution in [2.45, 2.75) is 12.8 Å². The molecule has 0 atom stereocenters. The molecule has 2 rings (SSSR count). The third-order valence-electron chi connectivity index (χ3n) is 2.94. The lowest BCUT2D eigenvalue weighted by Gasteiger charge is -2.28. The second kappa shape index (κ2) is 5.44. The predicted molar refractivity (Wildman–Crippen MR) is 75.6 cm³/mol. The molecule has 1 amide bonds. The number of benzene rings is 1. The van der Waals surface area contributed by atoms with Crippen LogP contribution in [0.1, 0.15) is 12.8 Å². The van der Waals surface area contributed by atoms with Crippen molar-refractivity contribution in [3.63, 3.8) is 0 Å². The van der Waals surface area contributed by atoms with Gasteiger partial charge in [-0.3, -0.25) is 9.10 Å². The van der Waals surface area contributed by atoms with Crippen molar-refractivity contribution < 1.29 is 13.2 Å². The van der Waals surface area contributed by atoms with E-state index in [1.807, 2.05) is 0 Å². The first kappa shape index (κ1) is 13.6. The normalized spacial score (nSPS) is 17.8. The third kappa shape index (κ3) is 3.14. The maximum Gasteiger partial charge on any atom is 0.247 e. The Morgan fingerprint density at radius 1 is 1.37 bits per heavy atom. The fourth-order valence-electron chi connectivity index (χ4n) is 2.01. The van der Waals surface area contributed by atoms with Gasteiger partial charge in [0, 0.05) is 12.2 Å². The van der Waals surface area contributed by atoms with Gasteiger partial charge < -0.3 is 5.32 Å². The highest BCUT2D eigenvalue weighted by atomic mass is 32.2. The highest BCUT2D eigenvalue weighted by molar-refractivity contribution is 7.92. The van der Waals surface area contributed by atoms with Crippen molar-refractivity contribution in [2.24, 2.45) is 0 Å². The number of rotatable bonds is 3. The van der Waals surface area contributed by atoms with Gasteiger partial charge in [-0.15, -0.1) is 0 Å². The molecule has 0 unspecified atom stereocenters. The van der Waals surface area contributed by atoms with Gasteiger partial charge in [-0.2, -0.15) is 0 Å². The van der Waals surface area contributed by atoms with Crippen molar-refractivity contribution in [2.75, 3.05) is 21.9 Å². The number of carbonyl (C=O) groups excluding carboxylic acids is 1. The first-order chi connectivity index (χ1) is 9.03. The summed E-state index contributed by atoms with van der Waals surface area (Å²) in [6.45, 7) is 3.86. The predicted octanol–water partition coefficient (Wildman–Crippen LogP) is 1.74. The van der Waals surface area contributed by atoms with Crippen LogP contribution in [0, 0.1) is 0 Å². The van der Waals surface area contributed by atoms with Crippen LogP contribution < -0.4 is 9.62 Å². The summed E-state index contributed by atoms with van der Waals surface area (Å²) >= 11 is 0. The number of hydrogen-bond acceptors (Lipinski definition) is 3. The van der Waals surface area contributed by atoms with Crippen molar-refractivity contribution in [1.82, 2.24) is 0 Å². The van der Waals surface area contributed by atoms with Crippen molar-refractivity contribution in [3.8, 4) is 0 Å². The second-order valence-corrected chi connectivity index (χ2v) is 6.35. The lowest BCUT2D eigenvalue weighted by molar-refractivity contribution is -0.111. The molecule has 19 heavy (non-hydrogen) atoms. The number of anilines is 2. The van der Waals surface area contributed by atoms with Crippen molar-refractivity contribution in [1.29, 1.82) is 0 Å². The van der Waals surface area contributed by atoms with E-state index in [0.717, 1.165) is 6.42 Å². The molecule has 0 aliphatic carbocycles. The molecule has 0 bridgehead atoms. The fraction of sp³-hybridized carbons (Fsp3) is 0.308. The third-order valence-corrected chi connectivity index (χ3v) is 4.81. The Morgan fingerprint density at radius 3 is 2.84 bits per heavy atom. The minimum atomic E-state index is -3.23. The summed E-state index contributed by atoms with van der Waals surface area (Å²) in [6, 6.07) is 6.82. The molecular weight excluding hydrogens is 264 g/mol. The number of carbonyl (C=O) groups is 1. The molecule has 1 aromatic rings. The van der Waals surface area contributed by atoms with E-state index < -0.39 is 10.0 Å². The summed E-state index contributed by atoms with van der Waals surface area (Å²) in [7, 11) is -3.23. The maximum atomic E-state index is 12.0. The molecule has 1 heterocycles. The van der Waals surface area contributed by atoms with Crippen LogP contribution in [0.3, 0.4) is 0 Å². The Labute approximate surface area is 113 Å². The Hall–Kier alpha value is -1.82. The quantitative estimate of drug-likeness (QED) is 0.858. The van der Waals surface area contributed by atoms with Crippen molar-refractivity contribution >= 4 is 27.3 Å². The van der Waals surface area contributed by atoms with Crippen LogP contribution in [0.15, 0.2) is 36.9 Å². The summed E-state index contributed by atoms with van der Waals surface area (Å²) in [4.78, 5) is 11.2. The number of amides is 1. The van der Waals surface area contributed by atoms with Gasteiger partial charge in [-0.1, -0.05) is 12.6 Å². The second-order valence-electron chi connectivity index (χ2n) is 4.34. The summed E-state index contributed by atoms with van der Waals surface area (Å²) < 4.78 is 25.4. The monoisotopic (exact) mass is 280 g/mol. The molecule has 1 saturated heterocycles. The van der Waals surface area contributed by atoms with Gasteiger partial charge in [0.1, 0.15) is 0 Å². The minimum absolute atomic E-state index is 0.177. The largest absolute Gasteiger partial charge is 0.322 e. The van der Waals surface area contributed by atoms with E-state index in [0.29, 0.717) is 24.3 Å². The zero-order chi connectivity index (χ0) is 13.9. The van der Waals surface area contributed by atoms with Crippen LogP contribution in [-0.4, -0.2) is 26.6 Å². The van der Waals surface area contributed by atoms with E-state index in [1.54, 1.807) is 24.3 Å². The van der Waals surface area contributed by atoms with Crippen LogP contribution in [0.2, 0.25) is 0 Å². The van der Waals surface area contributed by atoms with Gasteiger partial charge in [0.05, 0.1) is 11.4 Å². The van der Waals surface area contributed by atoms with Gasteiger partial charge in [-0.25, -0.2) is 8.42 Å². The Balaban J connectivity index is 2.27. The lowest BCUT2D eigenvalue weighted by atomic mass is 10.2. The topological polar surface area (TPSA) is 66.5 Å². The van der Waals surface area contributed by atoms with E-state index in [4.69, 9.17) is 0 Å². The lowest BCUT2D eigenvalue weighted by Crippen LogP contribution is -2.37. The first-order valence-corrected chi connectivity index (χ1v) is 7.68. The van der Waals surface area contributed by atoms with Crippen LogP contribution in [0.25, 0.3) is 0 Å². The maximum absolute atomic E-state index is 12.0. The van der Waals surface area contributed by atoms with E-state index >= 15 is 0 Å². The number of sulfonamides is 1. The van der Waals surface area contributed by atoms with Crippen LogP contribution in [-0.2, 0) is 14.8 Å². The Morgan fingerprint density at radius 2 is 2.16 bits per heavy atom. The van der Waals surface area contributed by atoms with E-state index in [1.165, 1.54) is 10.4 Å². The molecule has 6 heteroatoms.